The van der Waals surface area contributed by atoms with Crippen LogP contribution in [-0.4, -0.2) is 50.2 Å². The largest absolute Gasteiger partial charge is 0.363 e. The number of hydrogen-bond acceptors (Lipinski definition) is 6. The molecule has 0 atom stereocenters. The monoisotopic (exact) mass is 411 g/mol. The summed E-state index contributed by atoms with van der Waals surface area (Å²) in [6.45, 7) is 3.11. The number of alkyl halides is 2. The highest BCUT2D eigenvalue weighted by atomic mass is 32.2. The van der Waals surface area contributed by atoms with E-state index in [0.717, 1.165) is 5.56 Å². The summed E-state index contributed by atoms with van der Waals surface area (Å²) in [6.07, 6.45) is 0. The van der Waals surface area contributed by atoms with Gasteiger partial charge in [0.1, 0.15) is 5.69 Å². The van der Waals surface area contributed by atoms with Gasteiger partial charge in [-0.1, -0.05) is 24.3 Å². The first kappa shape index (κ1) is 20.2. The minimum Gasteiger partial charge on any atom is -0.363 e. The highest BCUT2D eigenvalue weighted by Gasteiger charge is 2.27. The number of halogens is 2. The zero-order chi connectivity index (χ0) is 20.3. The van der Waals surface area contributed by atoms with Crippen molar-refractivity contribution in [3.05, 3.63) is 64.2 Å². The second kappa shape index (κ2) is 8.19. The maximum atomic E-state index is 12.6. The number of nitro groups is 1. The lowest BCUT2D eigenvalue weighted by molar-refractivity contribution is -0.384. The maximum absolute atomic E-state index is 12.6. The fraction of sp³-hybridized carbons (Fsp3) is 0.333. The van der Waals surface area contributed by atoms with Crippen molar-refractivity contribution in [3.63, 3.8) is 0 Å². The molecule has 2 aromatic rings. The fourth-order valence-electron chi connectivity index (χ4n) is 3.18. The Labute approximate surface area is 161 Å². The first-order chi connectivity index (χ1) is 13.3. The van der Waals surface area contributed by atoms with Crippen LogP contribution < -0.4 is 4.90 Å². The fourth-order valence-corrected chi connectivity index (χ4v) is 3.90. The first-order valence-corrected chi connectivity index (χ1v) is 10.2. The van der Waals surface area contributed by atoms with Crippen molar-refractivity contribution < 1.29 is 22.1 Å². The van der Waals surface area contributed by atoms with Gasteiger partial charge in [-0.25, -0.2) is 8.42 Å². The van der Waals surface area contributed by atoms with Crippen molar-refractivity contribution in [1.29, 1.82) is 0 Å². The van der Waals surface area contributed by atoms with Crippen molar-refractivity contribution in [2.45, 2.75) is 17.2 Å². The molecule has 0 N–H and O–H groups in total. The van der Waals surface area contributed by atoms with E-state index >= 15 is 0 Å². The summed E-state index contributed by atoms with van der Waals surface area (Å²) >= 11 is 0. The van der Waals surface area contributed by atoms with E-state index in [0.29, 0.717) is 38.4 Å². The van der Waals surface area contributed by atoms with Gasteiger partial charge in [0.15, 0.2) is 0 Å². The van der Waals surface area contributed by atoms with Crippen LogP contribution in [0.4, 0.5) is 20.2 Å². The van der Waals surface area contributed by atoms with E-state index in [1.165, 1.54) is 30.3 Å². The maximum Gasteiger partial charge on any atom is 0.341 e. The van der Waals surface area contributed by atoms with Gasteiger partial charge < -0.3 is 4.90 Å². The molecule has 0 unspecified atom stereocenters. The second-order valence-corrected chi connectivity index (χ2v) is 8.38. The lowest BCUT2D eigenvalue weighted by Gasteiger charge is -2.35. The highest BCUT2D eigenvalue weighted by molar-refractivity contribution is 7.91. The van der Waals surface area contributed by atoms with Crippen LogP contribution >= 0.6 is 0 Å². The Bertz CT molecular complexity index is 944. The van der Waals surface area contributed by atoms with E-state index in [9.17, 15) is 27.3 Å². The summed E-state index contributed by atoms with van der Waals surface area (Å²) in [5.41, 5.74) is 1.48. The molecular weight excluding hydrogens is 392 g/mol. The average Bonchev–Trinajstić information content (AvgIpc) is 2.69. The number of piperazine rings is 1. The summed E-state index contributed by atoms with van der Waals surface area (Å²) in [7, 11) is -4.58. The molecule has 2 aromatic carbocycles. The van der Waals surface area contributed by atoms with Crippen molar-refractivity contribution in [2.24, 2.45) is 0 Å². The Balaban J connectivity index is 1.61. The summed E-state index contributed by atoms with van der Waals surface area (Å²) in [5, 5.41) is 11.2. The summed E-state index contributed by atoms with van der Waals surface area (Å²) in [4.78, 5) is 14.5. The first-order valence-electron chi connectivity index (χ1n) is 8.61. The molecule has 1 saturated heterocycles. The molecular formula is C18H19F2N3O4S. The van der Waals surface area contributed by atoms with Crippen LogP contribution in [0.3, 0.4) is 0 Å². The Morgan fingerprint density at radius 3 is 2.18 bits per heavy atom. The Morgan fingerprint density at radius 2 is 1.61 bits per heavy atom. The number of benzene rings is 2. The van der Waals surface area contributed by atoms with E-state index in [4.69, 9.17) is 0 Å². The Kier molecular flexibility index (Phi) is 5.90. The number of sulfone groups is 1. The summed E-state index contributed by atoms with van der Waals surface area (Å²) in [5.74, 6) is -3.44. The van der Waals surface area contributed by atoms with Crippen molar-refractivity contribution in [1.82, 2.24) is 4.90 Å². The molecule has 0 radical (unpaired) electrons. The van der Waals surface area contributed by atoms with Gasteiger partial charge in [0.25, 0.3) is 5.69 Å². The number of para-hydroxylation sites is 2. The van der Waals surface area contributed by atoms with Crippen LogP contribution in [0.25, 0.3) is 0 Å². The van der Waals surface area contributed by atoms with E-state index < -0.39 is 25.4 Å². The van der Waals surface area contributed by atoms with Gasteiger partial charge in [0, 0.05) is 38.8 Å². The minimum absolute atomic E-state index is 0.0757. The van der Waals surface area contributed by atoms with Gasteiger partial charge in [-0.05, 0) is 23.8 Å². The van der Waals surface area contributed by atoms with Gasteiger partial charge >= 0.3 is 5.76 Å². The molecule has 0 amide bonds. The van der Waals surface area contributed by atoms with Gasteiger partial charge in [-0.2, -0.15) is 8.78 Å². The molecule has 0 spiro atoms. The second-order valence-electron chi connectivity index (χ2n) is 6.46. The minimum atomic E-state index is -4.58. The molecule has 28 heavy (non-hydrogen) atoms. The number of anilines is 1. The van der Waals surface area contributed by atoms with Crippen molar-refractivity contribution >= 4 is 21.2 Å². The third kappa shape index (κ3) is 4.28. The van der Waals surface area contributed by atoms with E-state index in [-0.39, 0.29) is 5.69 Å². The zero-order valence-corrected chi connectivity index (χ0v) is 15.7. The van der Waals surface area contributed by atoms with Gasteiger partial charge in [-0.3, -0.25) is 15.0 Å². The predicted octanol–water partition coefficient (Wildman–Crippen LogP) is 2.91. The lowest BCUT2D eigenvalue weighted by atomic mass is 10.2. The van der Waals surface area contributed by atoms with Crippen molar-refractivity contribution in [3.8, 4) is 0 Å². The molecule has 0 aliphatic carbocycles. The number of hydrogen-bond donors (Lipinski definition) is 0. The van der Waals surface area contributed by atoms with Crippen LogP contribution in [0, 0.1) is 10.1 Å². The number of nitrogens with zero attached hydrogens (tertiary/aromatic N) is 3. The van der Waals surface area contributed by atoms with E-state index in [1.54, 1.807) is 18.2 Å². The molecule has 0 aromatic heterocycles. The van der Waals surface area contributed by atoms with Crippen molar-refractivity contribution in [2.75, 3.05) is 31.1 Å². The van der Waals surface area contributed by atoms with Gasteiger partial charge in [0.05, 0.1) is 9.82 Å². The summed E-state index contributed by atoms with van der Waals surface area (Å²) in [6, 6.07) is 12.1. The molecule has 1 aliphatic rings. The average molecular weight is 411 g/mol. The molecule has 1 fully saturated rings. The molecule has 1 aliphatic heterocycles. The molecule has 7 nitrogen and oxygen atoms in total. The predicted molar refractivity (Wildman–Crippen MR) is 100 cm³/mol. The third-order valence-electron chi connectivity index (χ3n) is 4.68. The molecule has 150 valence electrons. The number of rotatable bonds is 6. The van der Waals surface area contributed by atoms with E-state index in [2.05, 4.69) is 4.90 Å². The normalized spacial score (nSPS) is 15.8. The Morgan fingerprint density at radius 1 is 1.00 bits per heavy atom. The standard InChI is InChI=1S/C18H19F2N3O4S/c19-18(20)28(26,27)15-7-5-14(6-8-15)13-21-9-11-22(12-10-21)16-3-1-2-4-17(16)23(24)25/h1-8,18H,9-13H2. The molecule has 1 heterocycles. The van der Waals surface area contributed by atoms with Crippen LogP contribution in [-0.2, 0) is 16.4 Å². The zero-order valence-electron chi connectivity index (χ0n) is 14.9. The molecule has 10 heteroatoms. The SMILES string of the molecule is O=[N+]([O-])c1ccccc1N1CCN(Cc2ccc(S(=O)(=O)C(F)F)cc2)CC1. The molecule has 3 rings (SSSR count). The van der Waals surface area contributed by atoms with Gasteiger partial charge in [-0.15, -0.1) is 0 Å². The van der Waals surface area contributed by atoms with Crippen LogP contribution in [0.1, 0.15) is 5.56 Å². The smallest absolute Gasteiger partial charge is 0.341 e. The molecule has 0 saturated carbocycles. The summed E-state index contributed by atoms with van der Waals surface area (Å²) < 4.78 is 48.1. The topological polar surface area (TPSA) is 83.8 Å². The van der Waals surface area contributed by atoms with Gasteiger partial charge in [0.2, 0.25) is 9.84 Å². The highest BCUT2D eigenvalue weighted by Crippen LogP contribution is 2.28. The van der Waals surface area contributed by atoms with E-state index in [1.807, 2.05) is 4.90 Å². The van der Waals surface area contributed by atoms with Crippen LogP contribution in [0.15, 0.2) is 53.4 Å². The van der Waals surface area contributed by atoms with Crippen LogP contribution in [0.2, 0.25) is 0 Å². The third-order valence-corrected chi connectivity index (χ3v) is 6.08. The number of nitro benzene ring substituents is 1. The quantitative estimate of drug-likeness (QED) is 0.537. The molecule has 0 bridgehead atoms. The lowest BCUT2D eigenvalue weighted by Crippen LogP contribution is -2.46. The van der Waals surface area contributed by atoms with Crippen LogP contribution in [0.5, 0.6) is 0 Å². The Hall–Kier alpha value is -2.59.